The lowest BCUT2D eigenvalue weighted by atomic mass is 10.1. The molecule has 1 saturated heterocycles. The Kier molecular flexibility index (Phi) is 6.71. The number of hydrogen-bond acceptors (Lipinski definition) is 5. The van der Waals surface area contributed by atoms with E-state index < -0.39 is 15.9 Å². The number of hydrogen-bond donors (Lipinski definition) is 2. The summed E-state index contributed by atoms with van der Waals surface area (Å²) in [5.74, 6) is -0.408. The molecule has 4 rings (SSSR count). The molecule has 0 bridgehead atoms. The summed E-state index contributed by atoms with van der Waals surface area (Å²) in [6, 6.07) is 9.40. The van der Waals surface area contributed by atoms with Gasteiger partial charge in [0.2, 0.25) is 0 Å². The van der Waals surface area contributed by atoms with Crippen molar-refractivity contribution in [3.8, 4) is 0 Å². The van der Waals surface area contributed by atoms with E-state index in [1.807, 2.05) is 11.8 Å². The molecule has 0 spiro atoms. The monoisotopic (exact) mass is 488 g/mol. The zero-order valence-electron chi connectivity index (χ0n) is 18.2. The van der Waals surface area contributed by atoms with Gasteiger partial charge in [-0.15, -0.1) is 4.40 Å². The van der Waals surface area contributed by atoms with Crippen molar-refractivity contribution in [2.45, 2.75) is 43.9 Å². The zero-order chi connectivity index (χ0) is 23.6. The highest BCUT2D eigenvalue weighted by molar-refractivity contribution is 7.90. The van der Waals surface area contributed by atoms with Crippen LogP contribution in [0.4, 0.5) is 11.4 Å². The number of amides is 2. The minimum Gasteiger partial charge on any atom is -0.352 e. The average Bonchev–Trinajstić information content (AvgIpc) is 3.02. The van der Waals surface area contributed by atoms with Gasteiger partial charge in [0.15, 0.2) is 0 Å². The quantitative estimate of drug-likeness (QED) is 0.655. The maximum Gasteiger partial charge on any atom is 0.286 e. The number of benzene rings is 2. The maximum atomic E-state index is 13.1. The van der Waals surface area contributed by atoms with Crippen LogP contribution in [0.15, 0.2) is 45.7 Å². The number of para-hydroxylation sites is 1. The maximum absolute atomic E-state index is 13.1. The fourth-order valence-electron chi connectivity index (χ4n) is 3.98. The highest BCUT2D eigenvalue weighted by Gasteiger charge is 2.33. The van der Waals surface area contributed by atoms with Gasteiger partial charge >= 0.3 is 0 Å². The van der Waals surface area contributed by atoms with Crippen LogP contribution in [0.3, 0.4) is 0 Å². The van der Waals surface area contributed by atoms with Crippen molar-refractivity contribution < 1.29 is 18.0 Å². The molecule has 0 saturated carbocycles. The molecule has 33 heavy (non-hydrogen) atoms. The molecule has 2 amide bonds. The first-order valence-corrected chi connectivity index (χ1v) is 12.8. The van der Waals surface area contributed by atoms with Crippen LogP contribution >= 0.6 is 11.6 Å². The van der Waals surface area contributed by atoms with Crippen molar-refractivity contribution in [3.63, 3.8) is 0 Å². The van der Waals surface area contributed by atoms with Gasteiger partial charge in [0.25, 0.3) is 21.8 Å². The molecular weight excluding hydrogens is 464 g/mol. The molecule has 174 valence electrons. The fourth-order valence-corrected chi connectivity index (χ4v) is 5.49. The van der Waals surface area contributed by atoms with Gasteiger partial charge < -0.3 is 15.5 Å². The van der Waals surface area contributed by atoms with Crippen LogP contribution in [0.2, 0.25) is 5.02 Å². The Morgan fingerprint density at radius 1 is 1.09 bits per heavy atom. The molecule has 0 aliphatic carbocycles. The van der Waals surface area contributed by atoms with E-state index in [-0.39, 0.29) is 21.4 Å². The van der Waals surface area contributed by atoms with Gasteiger partial charge in [0.1, 0.15) is 10.7 Å². The van der Waals surface area contributed by atoms with Crippen molar-refractivity contribution in [2.75, 3.05) is 23.3 Å². The SMILES string of the molecule is CCCNC(=O)c1ccccc1NC(=O)c1cc2c(cc1Cl)N1CCCCCC1=NS2(=O)=O. The van der Waals surface area contributed by atoms with Gasteiger partial charge in [-0.2, -0.15) is 8.42 Å². The smallest absolute Gasteiger partial charge is 0.286 e. The number of nitrogens with zero attached hydrogens (tertiary/aromatic N) is 2. The Morgan fingerprint density at radius 3 is 2.67 bits per heavy atom. The van der Waals surface area contributed by atoms with E-state index in [4.69, 9.17) is 11.6 Å². The summed E-state index contributed by atoms with van der Waals surface area (Å²) in [4.78, 5) is 27.4. The predicted molar refractivity (Wildman–Crippen MR) is 129 cm³/mol. The summed E-state index contributed by atoms with van der Waals surface area (Å²) in [5, 5.41) is 5.60. The summed E-state index contributed by atoms with van der Waals surface area (Å²) in [5.41, 5.74) is 1.06. The normalized spacial score (nSPS) is 16.7. The summed E-state index contributed by atoms with van der Waals surface area (Å²) < 4.78 is 29.8. The first kappa shape index (κ1) is 23.3. The third-order valence-corrected chi connectivity index (χ3v) is 7.28. The number of halogens is 1. The topological polar surface area (TPSA) is 108 Å². The molecular formula is C23H25ClN4O4S. The van der Waals surface area contributed by atoms with E-state index in [0.29, 0.717) is 42.3 Å². The molecule has 0 unspecified atom stereocenters. The molecule has 1 fully saturated rings. The van der Waals surface area contributed by atoms with E-state index in [9.17, 15) is 18.0 Å². The van der Waals surface area contributed by atoms with Gasteiger partial charge in [-0.05, 0) is 43.5 Å². The molecule has 2 aliphatic rings. The summed E-state index contributed by atoms with van der Waals surface area (Å²) >= 11 is 6.46. The predicted octanol–water partition coefficient (Wildman–Crippen LogP) is 4.21. The first-order valence-electron chi connectivity index (χ1n) is 11.0. The summed E-state index contributed by atoms with van der Waals surface area (Å²) in [7, 11) is -3.96. The van der Waals surface area contributed by atoms with Crippen LogP contribution in [-0.4, -0.2) is 39.2 Å². The lowest BCUT2D eigenvalue weighted by molar-refractivity contribution is 0.0954. The van der Waals surface area contributed by atoms with Gasteiger partial charge in [0, 0.05) is 19.5 Å². The molecule has 2 heterocycles. The number of sulfonamides is 1. The third-order valence-electron chi connectivity index (χ3n) is 5.64. The minimum atomic E-state index is -3.96. The van der Waals surface area contributed by atoms with Crippen LogP contribution in [0.5, 0.6) is 0 Å². The zero-order valence-corrected chi connectivity index (χ0v) is 19.8. The van der Waals surface area contributed by atoms with Crippen molar-refractivity contribution in [3.05, 3.63) is 52.5 Å². The molecule has 2 N–H and O–H groups in total. The van der Waals surface area contributed by atoms with Gasteiger partial charge in [-0.25, -0.2) is 0 Å². The number of rotatable bonds is 5. The number of anilines is 2. The fraction of sp³-hybridized carbons (Fsp3) is 0.348. The standard InChI is InChI=1S/C23H25ClN4O4S/c1-2-11-25-22(29)15-8-5-6-9-18(15)26-23(30)16-13-20-19(14-17(16)24)28-12-7-3-4-10-21(28)27-33(20,31)32/h5-6,8-9,13-14H,2-4,7,10-12H2,1H3,(H,25,29)(H,26,30). The minimum absolute atomic E-state index is 0.00349. The average molecular weight is 489 g/mol. The van der Waals surface area contributed by atoms with Crippen molar-refractivity contribution in [1.29, 1.82) is 0 Å². The van der Waals surface area contributed by atoms with E-state index in [2.05, 4.69) is 15.0 Å². The Bertz CT molecular complexity index is 1240. The lowest BCUT2D eigenvalue weighted by Gasteiger charge is -2.30. The number of carbonyl (C=O) groups excluding carboxylic acids is 2. The highest BCUT2D eigenvalue weighted by Crippen LogP contribution is 2.38. The Hall–Kier alpha value is -2.91. The van der Waals surface area contributed by atoms with Gasteiger partial charge in [-0.1, -0.05) is 37.1 Å². The van der Waals surface area contributed by atoms with Gasteiger partial charge in [-0.3, -0.25) is 9.59 Å². The Balaban J connectivity index is 1.68. The molecule has 2 aromatic carbocycles. The van der Waals surface area contributed by atoms with Crippen molar-refractivity contribution in [2.24, 2.45) is 4.40 Å². The van der Waals surface area contributed by atoms with Crippen LogP contribution in [0.1, 0.15) is 59.7 Å². The largest absolute Gasteiger partial charge is 0.352 e. The molecule has 8 nitrogen and oxygen atoms in total. The van der Waals surface area contributed by atoms with Crippen LogP contribution < -0.4 is 15.5 Å². The van der Waals surface area contributed by atoms with E-state index in [0.717, 1.165) is 25.7 Å². The van der Waals surface area contributed by atoms with Gasteiger partial charge in [0.05, 0.1) is 27.5 Å². The van der Waals surface area contributed by atoms with Crippen molar-refractivity contribution in [1.82, 2.24) is 5.32 Å². The molecule has 10 heteroatoms. The number of fused-ring (bicyclic) bond motifs is 3. The molecule has 2 aliphatic heterocycles. The summed E-state index contributed by atoms with van der Waals surface area (Å²) in [6.07, 6.45) is 4.13. The molecule has 0 radical (unpaired) electrons. The highest BCUT2D eigenvalue weighted by atomic mass is 35.5. The number of nitrogens with one attached hydrogen (secondary N) is 2. The van der Waals surface area contributed by atoms with E-state index in [1.54, 1.807) is 24.3 Å². The summed E-state index contributed by atoms with van der Waals surface area (Å²) in [6.45, 7) is 3.09. The van der Waals surface area contributed by atoms with Crippen LogP contribution in [0.25, 0.3) is 0 Å². The Labute approximate surface area is 198 Å². The van der Waals surface area contributed by atoms with Crippen molar-refractivity contribution >= 4 is 50.6 Å². The van der Waals surface area contributed by atoms with E-state index in [1.165, 1.54) is 12.1 Å². The number of carbonyl (C=O) groups is 2. The van der Waals surface area contributed by atoms with Crippen LogP contribution in [-0.2, 0) is 10.0 Å². The third kappa shape index (κ3) is 4.74. The molecule has 0 aromatic heterocycles. The van der Waals surface area contributed by atoms with E-state index >= 15 is 0 Å². The first-order chi connectivity index (χ1) is 15.8. The second-order valence-electron chi connectivity index (χ2n) is 8.00. The lowest BCUT2D eigenvalue weighted by Crippen LogP contribution is -2.35. The van der Waals surface area contributed by atoms with Crippen LogP contribution in [0, 0.1) is 0 Å². The Morgan fingerprint density at radius 2 is 1.88 bits per heavy atom. The molecule has 2 aromatic rings. The number of amidine groups is 1. The second kappa shape index (κ2) is 9.52. The second-order valence-corrected chi connectivity index (χ2v) is 9.98. The molecule has 0 atom stereocenters.